The molecule has 0 bridgehead atoms. The highest BCUT2D eigenvalue weighted by atomic mass is 16.5. The molecule has 6 rings (SSSR count). The standard InChI is InChI=1S/C28H35N3O5/c1-3-4-6-19-7-5-8-21-22(19)24(33)31(23(21)32)20-9-11-27(12-10-20)16-28(17-27)25(34)29(2)26(35)30(28)13-18-14-36-15-18/h5,7-8,18,20H,3-4,6,9-17H2,1-2H3. The third kappa shape index (κ3) is 3.29. The molecule has 8 heteroatoms. The van der Waals surface area contributed by atoms with Crippen molar-refractivity contribution in [2.45, 2.75) is 76.3 Å². The highest BCUT2D eigenvalue weighted by Crippen LogP contribution is 2.61. The molecular formula is C28H35N3O5. The minimum atomic E-state index is -0.724. The van der Waals surface area contributed by atoms with Crippen LogP contribution in [0.4, 0.5) is 4.79 Å². The maximum Gasteiger partial charge on any atom is 0.327 e. The lowest BCUT2D eigenvalue weighted by Crippen LogP contribution is -2.65. The molecule has 36 heavy (non-hydrogen) atoms. The Kier molecular flexibility index (Phi) is 5.52. The molecule has 3 heterocycles. The lowest BCUT2D eigenvalue weighted by molar-refractivity contribution is -0.152. The van der Waals surface area contributed by atoms with Crippen LogP contribution in [0.2, 0.25) is 0 Å². The fraction of sp³-hybridized carbons (Fsp3) is 0.643. The first-order chi connectivity index (χ1) is 17.3. The van der Waals surface area contributed by atoms with Crippen LogP contribution < -0.4 is 0 Å². The minimum absolute atomic E-state index is 0.00304. The first kappa shape index (κ1) is 23.6. The van der Waals surface area contributed by atoms with Crippen LogP contribution >= 0.6 is 0 Å². The van der Waals surface area contributed by atoms with Gasteiger partial charge in [-0.2, -0.15) is 0 Å². The molecule has 2 spiro atoms. The number of carbonyl (C=O) groups excluding carboxylic acids is 4. The summed E-state index contributed by atoms with van der Waals surface area (Å²) in [5.41, 5.74) is 1.40. The molecule has 8 nitrogen and oxygen atoms in total. The van der Waals surface area contributed by atoms with E-state index in [0.717, 1.165) is 50.5 Å². The summed E-state index contributed by atoms with van der Waals surface area (Å²) in [6.07, 6.45) is 7.43. The topological polar surface area (TPSA) is 87.2 Å². The van der Waals surface area contributed by atoms with Gasteiger partial charge < -0.3 is 9.64 Å². The van der Waals surface area contributed by atoms with Gasteiger partial charge in [-0.05, 0) is 68.4 Å². The van der Waals surface area contributed by atoms with Gasteiger partial charge in [0.2, 0.25) is 0 Å². The number of unbranched alkanes of at least 4 members (excludes halogenated alkanes) is 1. The average Bonchev–Trinajstić information content (AvgIpc) is 3.19. The molecule has 1 aromatic carbocycles. The van der Waals surface area contributed by atoms with Crippen molar-refractivity contribution in [2.24, 2.45) is 11.3 Å². The van der Waals surface area contributed by atoms with Gasteiger partial charge in [0.1, 0.15) is 5.54 Å². The van der Waals surface area contributed by atoms with E-state index in [-0.39, 0.29) is 35.2 Å². The van der Waals surface area contributed by atoms with E-state index in [2.05, 4.69) is 6.92 Å². The number of hydrogen-bond donors (Lipinski definition) is 0. The molecule has 2 saturated carbocycles. The number of urea groups is 1. The number of rotatable bonds is 6. The molecule has 3 aliphatic heterocycles. The molecular weight excluding hydrogens is 458 g/mol. The first-order valence-corrected chi connectivity index (χ1v) is 13.5. The normalized spacial score (nSPS) is 32.1. The molecule has 5 aliphatic rings. The fourth-order valence-electron chi connectivity index (χ4n) is 7.42. The molecule has 0 atom stereocenters. The SMILES string of the molecule is CCCCc1cccc2c1C(=O)N(C1CCC3(CC1)CC1(C3)C(=O)N(C)C(=O)N1CC1COC1)C2=O. The Hall–Kier alpha value is -2.74. The third-order valence-electron chi connectivity index (χ3n) is 9.43. The fourth-order valence-corrected chi connectivity index (χ4v) is 7.42. The minimum Gasteiger partial charge on any atom is -0.381 e. The van der Waals surface area contributed by atoms with E-state index in [1.54, 1.807) is 13.1 Å². The van der Waals surface area contributed by atoms with E-state index in [4.69, 9.17) is 4.74 Å². The van der Waals surface area contributed by atoms with E-state index in [9.17, 15) is 19.2 Å². The summed E-state index contributed by atoms with van der Waals surface area (Å²) >= 11 is 0. The number of nitrogens with zero attached hydrogens (tertiary/aromatic N) is 3. The Bertz CT molecular complexity index is 1130. The number of imide groups is 2. The second-order valence-electron chi connectivity index (χ2n) is 11.7. The predicted molar refractivity (Wildman–Crippen MR) is 131 cm³/mol. The monoisotopic (exact) mass is 493 g/mol. The van der Waals surface area contributed by atoms with Gasteiger partial charge in [-0.3, -0.25) is 24.2 Å². The molecule has 192 valence electrons. The van der Waals surface area contributed by atoms with Crippen molar-refractivity contribution in [3.05, 3.63) is 34.9 Å². The second kappa shape index (κ2) is 8.40. The summed E-state index contributed by atoms with van der Waals surface area (Å²) in [5, 5.41) is 0. The van der Waals surface area contributed by atoms with Gasteiger partial charge in [0.25, 0.3) is 17.7 Å². The highest BCUT2D eigenvalue weighted by Gasteiger charge is 2.68. The first-order valence-electron chi connectivity index (χ1n) is 13.5. The van der Waals surface area contributed by atoms with E-state index >= 15 is 0 Å². The molecule has 5 amide bonds. The van der Waals surface area contributed by atoms with Crippen molar-refractivity contribution in [3.63, 3.8) is 0 Å². The number of carbonyl (C=O) groups is 4. The van der Waals surface area contributed by atoms with Crippen LogP contribution in [0.3, 0.4) is 0 Å². The van der Waals surface area contributed by atoms with Crippen molar-refractivity contribution in [1.29, 1.82) is 0 Å². The zero-order chi connectivity index (χ0) is 25.2. The Balaban J connectivity index is 1.15. The van der Waals surface area contributed by atoms with Crippen LogP contribution in [-0.2, 0) is 16.0 Å². The number of hydrogen-bond acceptors (Lipinski definition) is 5. The van der Waals surface area contributed by atoms with Crippen LogP contribution in [0.25, 0.3) is 0 Å². The average molecular weight is 494 g/mol. The summed E-state index contributed by atoms with van der Waals surface area (Å²) in [5.74, 6) is -0.0832. The molecule has 0 aromatic heterocycles. The van der Waals surface area contributed by atoms with Crippen molar-refractivity contribution >= 4 is 23.8 Å². The Morgan fingerprint density at radius 2 is 1.75 bits per heavy atom. The number of fused-ring (bicyclic) bond motifs is 1. The third-order valence-corrected chi connectivity index (χ3v) is 9.43. The van der Waals surface area contributed by atoms with Crippen LogP contribution in [0, 0.1) is 11.3 Å². The van der Waals surface area contributed by atoms with Crippen LogP contribution in [0.5, 0.6) is 0 Å². The molecule has 4 fully saturated rings. The number of aryl methyl sites for hydroxylation is 1. The van der Waals surface area contributed by atoms with Gasteiger partial charge in [0.15, 0.2) is 0 Å². The van der Waals surface area contributed by atoms with E-state index in [1.807, 2.05) is 17.0 Å². The molecule has 1 aromatic rings. The number of benzene rings is 1. The quantitative estimate of drug-likeness (QED) is 0.446. The van der Waals surface area contributed by atoms with E-state index < -0.39 is 5.54 Å². The van der Waals surface area contributed by atoms with Crippen LogP contribution in [0.1, 0.15) is 84.6 Å². The maximum atomic E-state index is 13.4. The summed E-state index contributed by atoms with van der Waals surface area (Å²) < 4.78 is 5.30. The van der Waals surface area contributed by atoms with Gasteiger partial charge in [-0.25, -0.2) is 4.79 Å². The lowest BCUT2D eigenvalue weighted by atomic mass is 9.51. The molecule has 0 radical (unpaired) electrons. The van der Waals surface area contributed by atoms with Crippen molar-refractivity contribution in [1.82, 2.24) is 14.7 Å². The van der Waals surface area contributed by atoms with Gasteiger partial charge in [-0.1, -0.05) is 25.5 Å². The van der Waals surface area contributed by atoms with Gasteiger partial charge >= 0.3 is 6.03 Å². The highest BCUT2D eigenvalue weighted by molar-refractivity contribution is 6.22. The smallest absolute Gasteiger partial charge is 0.327 e. The van der Waals surface area contributed by atoms with Crippen molar-refractivity contribution in [3.8, 4) is 0 Å². The molecule has 0 N–H and O–H groups in total. The molecule has 2 aliphatic carbocycles. The largest absolute Gasteiger partial charge is 0.381 e. The van der Waals surface area contributed by atoms with Crippen molar-refractivity contribution in [2.75, 3.05) is 26.8 Å². The molecule has 0 unspecified atom stereocenters. The Labute approximate surface area is 211 Å². The van der Waals surface area contributed by atoms with Gasteiger partial charge in [0.05, 0.1) is 24.3 Å². The summed E-state index contributed by atoms with van der Waals surface area (Å²) in [7, 11) is 1.59. The Morgan fingerprint density at radius 1 is 1.03 bits per heavy atom. The van der Waals surface area contributed by atoms with Crippen molar-refractivity contribution < 1.29 is 23.9 Å². The van der Waals surface area contributed by atoms with Gasteiger partial charge in [-0.15, -0.1) is 0 Å². The molecule has 2 saturated heterocycles. The zero-order valence-electron chi connectivity index (χ0n) is 21.3. The number of amides is 5. The van der Waals surface area contributed by atoms with Gasteiger partial charge in [0, 0.05) is 25.6 Å². The zero-order valence-corrected chi connectivity index (χ0v) is 21.3. The predicted octanol–water partition coefficient (Wildman–Crippen LogP) is 3.63. The second-order valence-corrected chi connectivity index (χ2v) is 11.7. The maximum absolute atomic E-state index is 13.4. The summed E-state index contributed by atoms with van der Waals surface area (Å²) in [4.78, 5) is 57.4. The number of likely N-dealkylation sites (N-methyl/N-ethyl adjacent to an activating group) is 1. The van der Waals surface area contributed by atoms with Crippen LogP contribution in [0.15, 0.2) is 18.2 Å². The summed E-state index contributed by atoms with van der Waals surface area (Å²) in [6, 6.07) is 5.35. The van der Waals surface area contributed by atoms with E-state index in [0.29, 0.717) is 49.6 Å². The van der Waals surface area contributed by atoms with Crippen LogP contribution in [-0.4, -0.2) is 76.8 Å². The Morgan fingerprint density at radius 3 is 2.39 bits per heavy atom. The van der Waals surface area contributed by atoms with E-state index in [1.165, 1.54) is 9.80 Å². The summed E-state index contributed by atoms with van der Waals surface area (Å²) in [6.45, 7) is 3.98. The number of ether oxygens (including phenoxy) is 1. The lowest BCUT2D eigenvalue weighted by Gasteiger charge is -2.59.